The predicted octanol–water partition coefficient (Wildman–Crippen LogP) is 3.01. The molecule has 0 heterocycles. The van der Waals surface area contributed by atoms with E-state index in [1.807, 2.05) is 18.2 Å². The van der Waals surface area contributed by atoms with Gasteiger partial charge in [-0.3, -0.25) is 20.4 Å². The molecule has 0 aliphatic heterocycles. The lowest BCUT2D eigenvalue weighted by Gasteiger charge is -2.15. The van der Waals surface area contributed by atoms with Crippen LogP contribution in [-0.4, -0.2) is 24.5 Å². The van der Waals surface area contributed by atoms with E-state index in [4.69, 9.17) is 9.47 Å². The number of rotatable bonds is 7. The number of carbonyl (C=O) groups excluding carboxylic acids is 2. The molecule has 0 radical (unpaired) electrons. The van der Waals surface area contributed by atoms with Gasteiger partial charge >= 0.3 is 0 Å². The number of halogens is 1. The Morgan fingerprint density at radius 1 is 1.08 bits per heavy atom. The van der Waals surface area contributed by atoms with Crippen LogP contribution in [0.2, 0.25) is 0 Å². The van der Waals surface area contributed by atoms with Crippen molar-refractivity contribution >= 4 is 27.7 Å². The number of carbonyl (C=O) groups is 2. The van der Waals surface area contributed by atoms with Gasteiger partial charge in [-0.25, -0.2) is 0 Å². The maximum atomic E-state index is 12.0. The molecule has 1 atom stereocenters. The molecule has 7 heteroatoms. The Morgan fingerprint density at radius 3 is 2.46 bits per heavy atom. The Hall–Kier alpha value is -2.54. The Bertz CT molecular complexity index is 749. The molecule has 1 unspecified atom stereocenters. The molecule has 2 amide bonds. The number of amides is 2. The minimum Gasteiger partial charge on any atom is -0.484 e. The largest absolute Gasteiger partial charge is 0.484 e. The van der Waals surface area contributed by atoms with Crippen LogP contribution in [0.3, 0.4) is 0 Å². The third-order valence-corrected chi connectivity index (χ3v) is 4.00. The summed E-state index contributed by atoms with van der Waals surface area (Å²) in [6.07, 6.45) is 0.166. The zero-order chi connectivity index (χ0) is 18.9. The van der Waals surface area contributed by atoms with Crippen molar-refractivity contribution in [1.82, 2.24) is 10.9 Å². The van der Waals surface area contributed by atoms with Crippen LogP contribution in [0.4, 0.5) is 0 Å². The van der Waals surface area contributed by atoms with Gasteiger partial charge in [0.25, 0.3) is 11.8 Å². The second-order valence-electron chi connectivity index (χ2n) is 5.54. The topological polar surface area (TPSA) is 76.7 Å². The van der Waals surface area contributed by atoms with Gasteiger partial charge in [0, 0.05) is 4.47 Å². The zero-order valence-electron chi connectivity index (χ0n) is 14.6. The van der Waals surface area contributed by atoms with Crippen LogP contribution in [0.15, 0.2) is 53.0 Å². The van der Waals surface area contributed by atoms with E-state index in [9.17, 15) is 9.59 Å². The average molecular weight is 421 g/mol. The SMILES string of the molecule is CCc1ccc(OCC(=O)NNC(=O)C(C)Oc2cccc(Br)c2)cc1. The fourth-order valence-corrected chi connectivity index (χ4v) is 2.42. The average Bonchev–Trinajstić information content (AvgIpc) is 2.64. The van der Waals surface area contributed by atoms with Gasteiger partial charge in [0.1, 0.15) is 11.5 Å². The predicted molar refractivity (Wildman–Crippen MR) is 102 cm³/mol. The molecule has 138 valence electrons. The molecular formula is C19H21BrN2O4. The minimum atomic E-state index is -0.771. The second-order valence-corrected chi connectivity index (χ2v) is 6.46. The monoisotopic (exact) mass is 420 g/mol. The van der Waals surface area contributed by atoms with E-state index in [1.165, 1.54) is 5.56 Å². The Labute approximate surface area is 161 Å². The van der Waals surface area contributed by atoms with E-state index in [2.05, 4.69) is 33.7 Å². The van der Waals surface area contributed by atoms with E-state index in [0.717, 1.165) is 10.9 Å². The number of hydrazine groups is 1. The van der Waals surface area contributed by atoms with E-state index >= 15 is 0 Å². The highest BCUT2D eigenvalue weighted by molar-refractivity contribution is 9.10. The number of hydrogen-bond acceptors (Lipinski definition) is 4. The van der Waals surface area contributed by atoms with Gasteiger partial charge in [0.05, 0.1) is 0 Å². The maximum Gasteiger partial charge on any atom is 0.279 e. The number of nitrogens with one attached hydrogen (secondary N) is 2. The van der Waals surface area contributed by atoms with Crippen LogP contribution < -0.4 is 20.3 Å². The zero-order valence-corrected chi connectivity index (χ0v) is 16.2. The van der Waals surface area contributed by atoms with Gasteiger partial charge in [-0.2, -0.15) is 0 Å². The van der Waals surface area contributed by atoms with Gasteiger partial charge < -0.3 is 9.47 Å². The molecule has 26 heavy (non-hydrogen) atoms. The van der Waals surface area contributed by atoms with Crippen LogP contribution in [0, 0.1) is 0 Å². The fraction of sp³-hybridized carbons (Fsp3) is 0.263. The number of hydrogen-bond donors (Lipinski definition) is 2. The fourth-order valence-electron chi connectivity index (χ4n) is 2.04. The highest BCUT2D eigenvalue weighted by Gasteiger charge is 2.15. The summed E-state index contributed by atoms with van der Waals surface area (Å²) in [5.74, 6) is 0.209. The molecule has 0 fully saturated rings. The third kappa shape index (κ3) is 6.40. The molecule has 0 aromatic heterocycles. The third-order valence-electron chi connectivity index (χ3n) is 3.50. The van der Waals surface area contributed by atoms with Crippen molar-refractivity contribution in [2.24, 2.45) is 0 Å². The Morgan fingerprint density at radius 2 is 1.81 bits per heavy atom. The van der Waals surface area contributed by atoms with Crippen molar-refractivity contribution in [3.8, 4) is 11.5 Å². The molecule has 0 aliphatic carbocycles. The molecule has 0 saturated heterocycles. The van der Waals surface area contributed by atoms with Crippen molar-refractivity contribution in [1.29, 1.82) is 0 Å². The second kappa shape index (κ2) is 9.82. The van der Waals surface area contributed by atoms with Crippen molar-refractivity contribution in [2.75, 3.05) is 6.61 Å². The Balaban J connectivity index is 1.72. The van der Waals surface area contributed by atoms with E-state index < -0.39 is 17.9 Å². The van der Waals surface area contributed by atoms with Crippen LogP contribution in [0.5, 0.6) is 11.5 Å². The van der Waals surface area contributed by atoms with Crippen molar-refractivity contribution < 1.29 is 19.1 Å². The number of ether oxygens (including phenoxy) is 2. The normalized spacial score (nSPS) is 11.3. The lowest BCUT2D eigenvalue weighted by Crippen LogP contribution is -2.48. The molecule has 0 saturated carbocycles. The first-order valence-electron chi connectivity index (χ1n) is 8.20. The smallest absolute Gasteiger partial charge is 0.279 e. The molecule has 0 aliphatic rings. The molecule has 2 N–H and O–H groups in total. The van der Waals surface area contributed by atoms with Crippen LogP contribution in [0.1, 0.15) is 19.4 Å². The van der Waals surface area contributed by atoms with Gasteiger partial charge in [0.15, 0.2) is 12.7 Å². The lowest BCUT2D eigenvalue weighted by atomic mass is 10.2. The Kier molecular flexibility index (Phi) is 7.47. The summed E-state index contributed by atoms with van der Waals surface area (Å²) >= 11 is 3.33. The first-order chi connectivity index (χ1) is 12.5. The lowest BCUT2D eigenvalue weighted by molar-refractivity contribution is -0.133. The van der Waals surface area contributed by atoms with Gasteiger partial charge in [-0.15, -0.1) is 0 Å². The quantitative estimate of drug-likeness (QED) is 0.674. The summed E-state index contributed by atoms with van der Waals surface area (Å²) in [5.41, 5.74) is 5.81. The van der Waals surface area contributed by atoms with Gasteiger partial charge in [-0.1, -0.05) is 41.1 Å². The van der Waals surface area contributed by atoms with Crippen LogP contribution in [0.25, 0.3) is 0 Å². The highest BCUT2D eigenvalue weighted by atomic mass is 79.9. The molecule has 2 aromatic rings. The summed E-state index contributed by atoms with van der Waals surface area (Å²) in [6.45, 7) is 3.45. The first kappa shape index (κ1) is 19.8. The molecular weight excluding hydrogens is 400 g/mol. The molecule has 0 bridgehead atoms. The van der Waals surface area contributed by atoms with Gasteiger partial charge in [-0.05, 0) is 49.2 Å². The minimum absolute atomic E-state index is 0.202. The van der Waals surface area contributed by atoms with Crippen LogP contribution in [-0.2, 0) is 16.0 Å². The van der Waals surface area contributed by atoms with Gasteiger partial charge in [0.2, 0.25) is 0 Å². The number of aryl methyl sites for hydroxylation is 1. The summed E-state index contributed by atoms with van der Waals surface area (Å²) in [4.78, 5) is 23.7. The summed E-state index contributed by atoms with van der Waals surface area (Å²) < 4.78 is 11.7. The number of benzene rings is 2. The molecule has 0 spiro atoms. The van der Waals surface area contributed by atoms with Crippen molar-refractivity contribution in [2.45, 2.75) is 26.4 Å². The summed E-state index contributed by atoms with van der Waals surface area (Å²) in [7, 11) is 0. The van der Waals surface area contributed by atoms with Crippen molar-refractivity contribution in [3.05, 3.63) is 58.6 Å². The van der Waals surface area contributed by atoms with Crippen molar-refractivity contribution in [3.63, 3.8) is 0 Å². The summed E-state index contributed by atoms with van der Waals surface area (Å²) in [5, 5.41) is 0. The summed E-state index contributed by atoms with van der Waals surface area (Å²) in [6, 6.07) is 14.6. The van der Waals surface area contributed by atoms with Crippen LogP contribution >= 0.6 is 15.9 Å². The molecule has 2 rings (SSSR count). The molecule has 2 aromatic carbocycles. The van der Waals surface area contributed by atoms with E-state index in [-0.39, 0.29) is 6.61 Å². The first-order valence-corrected chi connectivity index (χ1v) is 9.00. The van der Waals surface area contributed by atoms with E-state index in [0.29, 0.717) is 11.5 Å². The standard InChI is InChI=1S/C19H21BrN2O4/c1-3-14-7-9-16(10-8-14)25-12-18(23)21-22-19(24)13(2)26-17-6-4-5-15(20)11-17/h4-11,13H,3,12H2,1-2H3,(H,21,23)(H,22,24). The molecule has 6 nitrogen and oxygen atoms in total. The van der Waals surface area contributed by atoms with E-state index in [1.54, 1.807) is 37.3 Å². The highest BCUT2D eigenvalue weighted by Crippen LogP contribution is 2.18. The maximum absolute atomic E-state index is 12.0.